The second kappa shape index (κ2) is 7.20. The molecular weight excluding hydrogens is 147 g/mol. The molecule has 0 heterocycles. The third-order valence-corrected chi connectivity index (χ3v) is 3.38. The van der Waals surface area contributed by atoms with E-state index in [1.807, 2.05) is 0 Å². The van der Waals surface area contributed by atoms with Gasteiger partial charge in [-0.1, -0.05) is 0 Å². The van der Waals surface area contributed by atoms with Gasteiger partial charge >= 0.3 is 78.2 Å². The Morgan fingerprint density at radius 1 is 0.818 bits per heavy atom. The summed E-state index contributed by atoms with van der Waals surface area (Å²) in [6.45, 7) is 9.29. The van der Waals surface area contributed by atoms with Crippen molar-refractivity contribution >= 4 is 15.2 Å². The van der Waals surface area contributed by atoms with Crippen molar-refractivity contribution in [3.05, 3.63) is 0 Å². The van der Waals surface area contributed by atoms with E-state index in [0.717, 1.165) is 27.1 Å². The van der Waals surface area contributed by atoms with Crippen LogP contribution in [0.3, 0.4) is 0 Å². The average Bonchev–Trinajstić information content (AvgIpc) is 1.85. The molecule has 0 fully saturated rings. The molecule has 0 N–H and O–H groups in total. The topological polar surface area (TPSA) is 0 Å². The van der Waals surface area contributed by atoms with Crippen molar-refractivity contribution in [2.45, 2.75) is 51.1 Å². The fourth-order valence-corrected chi connectivity index (χ4v) is 3.14. The second-order valence-corrected chi connectivity index (χ2v) is 5.96. The Hall–Kier alpha value is 0.532. The summed E-state index contributed by atoms with van der Waals surface area (Å²) in [5.74, 6) is 1.84. The van der Waals surface area contributed by atoms with Crippen LogP contribution in [0.15, 0.2) is 0 Å². The molecular formula is C10H22Al+. The molecule has 0 rings (SSSR count). The molecule has 0 spiro atoms. The van der Waals surface area contributed by atoms with Crippen LogP contribution < -0.4 is 0 Å². The molecule has 0 aromatic rings. The van der Waals surface area contributed by atoms with Gasteiger partial charge in [0.05, 0.1) is 0 Å². The zero-order valence-corrected chi connectivity index (χ0v) is 9.72. The van der Waals surface area contributed by atoms with Crippen LogP contribution in [-0.2, 0) is 0 Å². The second-order valence-electron chi connectivity index (χ2n) is 4.23. The minimum atomic E-state index is 0.772. The van der Waals surface area contributed by atoms with Crippen molar-refractivity contribution in [3.8, 4) is 0 Å². The van der Waals surface area contributed by atoms with Gasteiger partial charge < -0.3 is 0 Å². The summed E-state index contributed by atoms with van der Waals surface area (Å²) in [5.41, 5.74) is 0. The first-order chi connectivity index (χ1) is 5.13. The maximum absolute atomic E-state index is 2.32. The summed E-state index contributed by atoms with van der Waals surface area (Å²) < 4.78 is 0. The van der Waals surface area contributed by atoms with E-state index in [0.29, 0.717) is 0 Å². The van der Waals surface area contributed by atoms with Crippen LogP contribution in [0.5, 0.6) is 0 Å². The van der Waals surface area contributed by atoms with Crippen molar-refractivity contribution in [2.24, 2.45) is 11.8 Å². The van der Waals surface area contributed by atoms with Gasteiger partial charge in [-0.2, -0.15) is 0 Å². The summed E-state index contributed by atoms with van der Waals surface area (Å²) in [4.78, 5) is 0. The van der Waals surface area contributed by atoms with E-state index in [4.69, 9.17) is 0 Å². The number of hydrogen-bond acceptors (Lipinski definition) is 0. The first-order valence-electron chi connectivity index (χ1n) is 4.94. The fourth-order valence-electron chi connectivity index (χ4n) is 1.05. The molecule has 0 aromatic carbocycles. The zero-order chi connectivity index (χ0) is 8.69. The molecule has 0 saturated carbocycles. The Labute approximate surface area is 78.5 Å². The summed E-state index contributed by atoms with van der Waals surface area (Å²) in [7, 11) is 0. The normalized spacial score (nSPS) is 10.7. The Kier molecular flexibility index (Phi) is 7.54. The van der Waals surface area contributed by atoms with Gasteiger partial charge in [0.15, 0.2) is 0 Å². The van der Waals surface area contributed by atoms with Gasteiger partial charge in [-0.25, -0.2) is 0 Å². The Morgan fingerprint density at radius 2 is 1.18 bits per heavy atom. The molecule has 0 nitrogen and oxygen atoms in total. The average molecular weight is 169 g/mol. The molecule has 0 bridgehead atoms. The van der Waals surface area contributed by atoms with Crippen LogP contribution in [0.25, 0.3) is 0 Å². The summed E-state index contributed by atoms with van der Waals surface area (Å²) >= 11 is 0.772. The van der Waals surface area contributed by atoms with Crippen LogP contribution in [0, 0.1) is 11.8 Å². The summed E-state index contributed by atoms with van der Waals surface area (Å²) in [6.07, 6.45) is 2.90. The van der Waals surface area contributed by atoms with E-state index in [-0.39, 0.29) is 0 Å². The van der Waals surface area contributed by atoms with Crippen molar-refractivity contribution in [2.75, 3.05) is 0 Å². The van der Waals surface area contributed by atoms with Crippen LogP contribution in [-0.4, -0.2) is 15.2 Å². The Morgan fingerprint density at radius 3 is 1.45 bits per heavy atom. The molecule has 11 heavy (non-hydrogen) atoms. The minimum absolute atomic E-state index is 0.772. The van der Waals surface area contributed by atoms with Gasteiger partial charge in [0.1, 0.15) is 0 Å². The molecule has 64 valence electrons. The quantitative estimate of drug-likeness (QED) is 0.421. The van der Waals surface area contributed by atoms with Crippen LogP contribution in [0.2, 0.25) is 10.6 Å². The van der Waals surface area contributed by atoms with Gasteiger partial charge in [0.2, 0.25) is 0 Å². The van der Waals surface area contributed by atoms with E-state index in [1.54, 1.807) is 0 Å². The SMILES string of the molecule is CC(C)C[CH2][Al+][CH2]CC(C)C. The number of hydrogen-bond donors (Lipinski definition) is 0. The molecule has 1 heteroatoms. The predicted octanol–water partition coefficient (Wildman–Crippen LogP) is 3.62. The third kappa shape index (κ3) is 10.5. The van der Waals surface area contributed by atoms with E-state index in [9.17, 15) is 0 Å². The van der Waals surface area contributed by atoms with Crippen molar-refractivity contribution in [1.82, 2.24) is 0 Å². The van der Waals surface area contributed by atoms with Gasteiger partial charge in [-0.15, -0.1) is 0 Å². The van der Waals surface area contributed by atoms with E-state index >= 15 is 0 Å². The first-order valence-corrected chi connectivity index (χ1v) is 6.58. The maximum atomic E-state index is 2.32. The first kappa shape index (κ1) is 11.5. The van der Waals surface area contributed by atoms with Crippen molar-refractivity contribution in [1.29, 1.82) is 0 Å². The monoisotopic (exact) mass is 169 g/mol. The van der Waals surface area contributed by atoms with Gasteiger partial charge in [-0.3, -0.25) is 0 Å². The standard InChI is InChI=1S/2C5H11.Al/c2*1-4-5(2)3;/h2*5H,1,4H2,2-3H3;/q;;+1. The molecule has 0 aromatic heterocycles. The van der Waals surface area contributed by atoms with Crippen LogP contribution in [0.4, 0.5) is 0 Å². The van der Waals surface area contributed by atoms with E-state index < -0.39 is 0 Å². The Balaban J connectivity index is 2.91. The molecule has 0 aliphatic heterocycles. The van der Waals surface area contributed by atoms with Gasteiger partial charge in [0.25, 0.3) is 0 Å². The van der Waals surface area contributed by atoms with Crippen molar-refractivity contribution < 1.29 is 0 Å². The van der Waals surface area contributed by atoms with Gasteiger partial charge in [0, 0.05) is 0 Å². The third-order valence-electron chi connectivity index (χ3n) is 1.90. The molecule has 0 radical (unpaired) electrons. The van der Waals surface area contributed by atoms with Crippen LogP contribution in [0.1, 0.15) is 40.5 Å². The summed E-state index contributed by atoms with van der Waals surface area (Å²) in [6, 6.07) is 0. The molecule has 0 aliphatic rings. The van der Waals surface area contributed by atoms with E-state index in [1.165, 1.54) is 23.4 Å². The van der Waals surface area contributed by atoms with Crippen molar-refractivity contribution in [3.63, 3.8) is 0 Å². The molecule has 0 aliphatic carbocycles. The number of rotatable bonds is 6. The molecule has 0 atom stereocenters. The Bertz CT molecular complexity index is 66.9. The summed E-state index contributed by atoms with van der Waals surface area (Å²) in [5, 5.41) is 3.04. The van der Waals surface area contributed by atoms with Gasteiger partial charge in [-0.05, 0) is 0 Å². The predicted molar refractivity (Wildman–Crippen MR) is 54.3 cm³/mol. The molecule has 0 amide bonds. The molecule has 0 saturated heterocycles. The van der Waals surface area contributed by atoms with Crippen LogP contribution >= 0.6 is 0 Å². The molecule has 0 unspecified atom stereocenters. The van der Waals surface area contributed by atoms with E-state index in [2.05, 4.69) is 27.7 Å². The fraction of sp³-hybridized carbons (Fsp3) is 1.00. The zero-order valence-electron chi connectivity index (χ0n) is 8.56.